The van der Waals surface area contributed by atoms with Crippen LogP contribution in [-0.4, -0.2) is 34.3 Å². The number of esters is 1. The van der Waals surface area contributed by atoms with Gasteiger partial charge in [0.05, 0.1) is 0 Å². The van der Waals surface area contributed by atoms with E-state index in [9.17, 15) is 27.5 Å². The van der Waals surface area contributed by atoms with Crippen LogP contribution in [0.3, 0.4) is 0 Å². The Balaban J connectivity index is 3.08. The highest BCUT2D eigenvalue weighted by Gasteiger charge is 2.73. The quantitative estimate of drug-likeness (QED) is 0.508. The molecule has 1 rings (SSSR count). The number of hydrogen-bond acceptors (Lipinski definition) is 4. The molecule has 1 unspecified atom stereocenters. The van der Waals surface area contributed by atoms with Crippen molar-refractivity contribution in [1.29, 1.82) is 0 Å². The monoisotopic (exact) mass is 338 g/mol. The van der Waals surface area contributed by atoms with Crippen molar-refractivity contribution in [2.45, 2.75) is 50.9 Å². The molecule has 0 saturated heterocycles. The molecule has 1 aromatic carbocycles. The second-order valence-electron chi connectivity index (χ2n) is 6.05. The fourth-order valence-electron chi connectivity index (χ4n) is 1.54. The Morgan fingerprint density at radius 3 is 1.91 bits per heavy atom. The third-order valence-corrected chi connectivity index (χ3v) is 2.69. The number of carbonyl (C=O) groups excluding carboxylic acids is 1. The molecule has 130 valence electrons. The standard InChI is InChI=1S/C15H18F4O4/c1-12(2,3)23-11(20)14(16,17)15(18,19)13(4,21)22-10-8-6-5-7-9-10/h5-9,21H,1-4H3. The fraction of sp³-hybridized carbons (Fsp3) is 0.533. The Labute approximate surface area is 131 Å². The zero-order chi connectivity index (χ0) is 18.1. The van der Waals surface area contributed by atoms with E-state index in [2.05, 4.69) is 9.47 Å². The first kappa shape index (κ1) is 19.2. The van der Waals surface area contributed by atoms with E-state index in [4.69, 9.17) is 0 Å². The van der Waals surface area contributed by atoms with Crippen LogP contribution in [0.25, 0.3) is 0 Å². The van der Waals surface area contributed by atoms with Gasteiger partial charge in [0, 0.05) is 6.92 Å². The van der Waals surface area contributed by atoms with E-state index >= 15 is 0 Å². The average Bonchev–Trinajstić information content (AvgIpc) is 2.36. The molecule has 0 amide bonds. The first-order valence-electron chi connectivity index (χ1n) is 6.66. The summed E-state index contributed by atoms with van der Waals surface area (Å²) < 4.78 is 64.7. The highest BCUT2D eigenvalue weighted by molar-refractivity contribution is 5.79. The van der Waals surface area contributed by atoms with Gasteiger partial charge in [0.15, 0.2) is 0 Å². The molecule has 0 bridgehead atoms. The predicted molar refractivity (Wildman–Crippen MR) is 73.4 cm³/mol. The first-order valence-corrected chi connectivity index (χ1v) is 6.66. The van der Waals surface area contributed by atoms with Gasteiger partial charge in [-0.3, -0.25) is 0 Å². The Morgan fingerprint density at radius 2 is 1.48 bits per heavy atom. The third-order valence-electron chi connectivity index (χ3n) is 2.69. The lowest BCUT2D eigenvalue weighted by Gasteiger charge is -2.36. The molecule has 0 aliphatic carbocycles. The summed E-state index contributed by atoms with van der Waals surface area (Å²) in [6.45, 7) is 4.09. The van der Waals surface area contributed by atoms with Crippen molar-refractivity contribution < 1.29 is 36.9 Å². The molecular weight excluding hydrogens is 320 g/mol. The average molecular weight is 338 g/mol. The predicted octanol–water partition coefficient (Wildman–Crippen LogP) is 3.39. The number of benzene rings is 1. The van der Waals surface area contributed by atoms with Gasteiger partial charge in [-0.25, -0.2) is 4.79 Å². The molecule has 23 heavy (non-hydrogen) atoms. The molecule has 1 atom stereocenters. The van der Waals surface area contributed by atoms with Gasteiger partial charge in [0.1, 0.15) is 11.4 Å². The maximum Gasteiger partial charge on any atom is 0.411 e. The van der Waals surface area contributed by atoms with Crippen LogP contribution in [0.15, 0.2) is 30.3 Å². The van der Waals surface area contributed by atoms with Gasteiger partial charge in [-0.05, 0) is 32.9 Å². The van der Waals surface area contributed by atoms with Gasteiger partial charge in [-0.1, -0.05) is 18.2 Å². The Kier molecular flexibility index (Phi) is 5.01. The summed E-state index contributed by atoms with van der Waals surface area (Å²) in [6.07, 6.45) is 0. The van der Waals surface area contributed by atoms with E-state index in [0.29, 0.717) is 6.92 Å². The zero-order valence-corrected chi connectivity index (χ0v) is 13.1. The Bertz CT molecular complexity index is 550. The summed E-state index contributed by atoms with van der Waals surface area (Å²) in [5, 5.41) is 9.72. The number of carbonyl (C=O) groups is 1. The van der Waals surface area contributed by atoms with Crippen molar-refractivity contribution in [2.24, 2.45) is 0 Å². The molecule has 0 fully saturated rings. The smallest absolute Gasteiger partial charge is 0.411 e. The number of halogens is 4. The minimum absolute atomic E-state index is 0.267. The zero-order valence-electron chi connectivity index (χ0n) is 13.1. The summed E-state index contributed by atoms with van der Waals surface area (Å²) in [5.41, 5.74) is -1.40. The molecule has 0 aliphatic heterocycles. The van der Waals surface area contributed by atoms with Crippen LogP contribution in [0, 0.1) is 0 Å². The summed E-state index contributed by atoms with van der Waals surface area (Å²) >= 11 is 0. The molecule has 0 aromatic heterocycles. The van der Waals surface area contributed by atoms with E-state index in [-0.39, 0.29) is 5.75 Å². The lowest BCUT2D eigenvalue weighted by atomic mass is 10.0. The van der Waals surface area contributed by atoms with Crippen molar-refractivity contribution in [1.82, 2.24) is 0 Å². The van der Waals surface area contributed by atoms with E-state index in [0.717, 1.165) is 0 Å². The molecule has 1 N–H and O–H groups in total. The van der Waals surface area contributed by atoms with Crippen LogP contribution < -0.4 is 4.74 Å². The summed E-state index contributed by atoms with van der Waals surface area (Å²) in [4.78, 5) is 11.4. The highest BCUT2D eigenvalue weighted by atomic mass is 19.3. The number of ether oxygens (including phenoxy) is 2. The number of alkyl halides is 4. The molecule has 4 nitrogen and oxygen atoms in total. The molecular formula is C15H18F4O4. The normalized spacial score (nSPS) is 15.7. The molecule has 0 radical (unpaired) electrons. The highest BCUT2D eigenvalue weighted by Crippen LogP contribution is 2.44. The maximum atomic E-state index is 14.1. The summed E-state index contributed by atoms with van der Waals surface area (Å²) in [6, 6.07) is 6.71. The molecule has 0 spiro atoms. The van der Waals surface area contributed by atoms with Crippen molar-refractivity contribution in [3.63, 3.8) is 0 Å². The van der Waals surface area contributed by atoms with E-state index < -0.39 is 29.2 Å². The number of hydrogen-bond donors (Lipinski definition) is 1. The minimum atomic E-state index is -5.29. The third kappa shape index (κ3) is 4.13. The minimum Gasteiger partial charge on any atom is -0.456 e. The van der Waals surface area contributed by atoms with Gasteiger partial charge in [-0.15, -0.1) is 0 Å². The van der Waals surface area contributed by atoms with Gasteiger partial charge in [0.25, 0.3) is 5.79 Å². The molecule has 0 saturated carbocycles. The van der Waals surface area contributed by atoms with E-state index in [1.165, 1.54) is 51.1 Å². The second kappa shape index (κ2) is 5.99. The van der Waals surface area contributed by atoms with Gasteiger partial charge >= 0.3 is 17.8 Å². The van der Waals surface area contributed by atoms with E-state index in [1.54, 1.807) is 0 Å². The molecule has 1 aromatic rings. The SMILES string of the molecule is CC(C)(C)OC(=O)C(F)(F)C(F)(F)C(C)(O)Oc1ccccc1. The topological polar surface area (TPSA) is 55.8 Å². The van der Waals surface area contributed by atoms with Crippen LogP contribution in [0.1, 0.15) is 27.7 Å². The molecule has 0 aliphatic rings. The van der Waals surface area contributed by atoms with Crippen LogP contribution in [0.2, 0.25) is 0 Å². The summed E-state index contributed by atoms with van der Waals surface area (Å²) in [7, 11) is 0. The molecule has 8 heteroatoms. The number of para-hydroxylation sites is 1. The maximum absolute atomic E-state index is 14.1. The van der Waals surface area contributed by atoms with Crippen molar-refractivity contribution >= 4 is 5.97 Å². The van der Waals surface area contributed by atoms with Gasteiger partial charge < -0.3 is 14.6 Å². The van der Waals surface area contributed by atoms with Crippen molar-refractivity contribution in [3.8, 4) is 5.75 Å². The fourth-order valence-corrected chi connectivity index (χ4v) is 1.54. The van der Waals surface area contributed by atoms with Crippen molar-refractivity contribution in [2.75, 3.05) is 0 Å². The van der Waals surface area contributed by atoms with Crippen LogP contribution in [-0.2, 0) is 9.53 Å². The lowest BCUT2D eigenvalue weighted by Crippen LogP contribution is -2.63. The number of aliphatic hydroxyl groups is 1. The lowest BCUT2D eigenvalue weighted by molar-refractivity contribution is -0.339. The van der Waals surface area contributed by atoms with Crippen LogP contribution in [0.4, 0.5) is 17.6 Å². The second-order valence-corrected chi connectivity index (χ2v) is 6.05. The van der Waals surface area contributed by atoms with Crippen LogP contribution >= 0.6 is 0 Å². The van der Waals surface area contributed by atoms with Crippen LogP contribution in [0.5, 0.6) is 5.75 Å². The Morgan fingerprint density at radius 1 is 1.00 bits per heavy atom. The summed E-state index contributed by atoms with van der Waals surface area (Å²) in [5.74, 6) is -16.9. The largest absolute Gasteiger partial charge is 0.456 e. The van der Waals surface area contributed by atoms with Gasteiger partial charge in [-0.2, -0.15) is 17.6 Å². The van der Waals surface area contributed by atoms with E-state index in [1.807, 2.05) is 0 Å². The first-order chi connectivity index (χ1) is 10.2. The molecule has 0 heterocycles. The Hall–Kier alpha value is -1.83. The van der Waals surface area contributed by atoms with Gasteiger partial charge in [0.2, 0.25) is 0 Å². The van der Waals surface area contributed by atoms with Crippen molar-refractivity contribution in [3.05, 3.63) is 30.3 Å². The number of rotatable bonds is 5.